The first-order valence-corrected chi connectivity index (χ1v) is 11.9. The monoisotopic (exact) mass is 519 g/mol. The van der Waals surface area contributed by atoms with Gasteiger partial charge in [0, 0.05) is 17.2 Å². The van der Waals surface area contributed by atoms with Gasteiger partial charge in [0.25, 0.3) is 11.6 Å². The Labute approximate surface area is 219 Å². The Balaban J connectivity index is 1.53. The summed E-state index contributed by atoms with van der Waals surface area (Å²) in [5, 5.41) is 14.3. The zero-order chi connectivity index (χ0) is 26.5. The minimum absolute atomic E-state index is 0.0319. The smallest absolute Gasteiger partial charge is 0.281 e. The lowest BCUT2D eigenvalue weighted by molar-refractivity contribution is -0.385. The first kappa shape index (κ1) is 25.6. The largest absolute Gasteiger partial charge is 0.496 e. The van der Waals surface area contributed by atoms with Crippen LogP contribution in [0.5, 0.6) is 17.2 Å². The second-order valence-electron chi connectivity index (χ2n) is 8.12. The molecule has 1 aliphatic heterocycles. The molecule has 0 aliphatic carbocycles. The van der Waals surface area contributed by atoms with Crippen molar-refractivity contribution in [3.05, 3.63) is 93.2 Å². The quantitative estimate of drug-likeness (QED) is 0.179. The molecule has 1 amide bonds. The second-order valence-corrected chi connectivity index (χ2v) is 8.51. The number of carbonyl (C=O) groups is 1. The number of rotatable bonds is 9. The van der Waals surface area contributed by atoms with Gasteiger partial charge in [-0.3, -0.25) is 19.8 Å². The molecular weight excluding hydrogens is 494 g/mol. The van der Waals surface area contributed by atoms with Gasteiger partial charge in [-0.2, -0.15) is 0 Å². The lowest BCUT2D eigenvalue weighted by atomic mass is 10.1. The van der Waals surface area contributed by atoms with Gasteiger partial charge < -0.3 is 19.5 Å². The minimum atomic E-state index is -0.430. The van der Waals surface area contributed by atoms with Gasteiger partial charge in [-0.05, 0) is 86.2 Å². The number of methoxy groups -OCH3 is 1. The Morgan fingerprint density at radius 1 is 1.05 bits per heavy atom. The van der Waals surface area contributed by atoms with Gasteiger partial charge >= 0.3 is 0 Å². The molecule has 0 saturated carbocycles. The number of nitrogens with zero attached hydrogens (tertiary/aromatic N) is 2. The van der Waals surface area contributed by atoms with Crippen LogP contribution in [0.1, 0.15) is 23.6 Å². The van der Waals surface area contributed by atoms with Crippen LogP contribution in [0.3, 0.4) is 0 Å². The fourth-order valence-electron chi connectivity index (χ4n) is 3.88. The summed E-state index contributed by atoms with van der Waals surface area (Å²) >= 11 is 5.41. The number of thiocarbonyl (C=S) groups is 1. The van der Waals surface area contributed by atoms with Crippen LogP contribution in [0.2, 0.25) is 0 Å². The molecule has 4 rings (SSSR count). The molecule has 190 valence electrons. The van der Waals surface area contributed by atoms with E-state index in [4.69, 9.17) is 26.4 Å². The molecule has 3 aromatic rings. The Bertz CT molecular complexity index is 1390. The van der Waals surface area contributed by atoms with Crippen molar-refractivity contribution in [1.82, 2.24) is 5.32 Å². The van der Waals surface area contributed by atoms with Gasteiger partial charge in [0.15, 0.2) is 5.11 Å². The molecule has 0 spiro atoms. The highest BCUT2D eigenvalue weighted by Crippen LogP contribution is 2.28. The number of hydrogen-bond acceptors (Lipinski definition) is 7. The van der Waals surface area contributed by atoms with Crippen molar-refractivity contribution in [3.63, 3.8) is 0 Å². The van der Waals surface area contributed by atoms with Crippen molar-refractivity contribution in [1.29, 1.82) is 0 Å². The number of ether oxygens (including phenoxy) is 3. The molecule has 0 bridgehead atoms. The lowest BCUT2D eigenvalue weighted by Gasteiger charge is -2.14. The molecule has 3 aromatic carbocycles. The van der Waals surface area contributed by atoms with E-state index in [-0.39, 0.29) is 23.3 Å². The summed E-state index contributed by atoms with van der Waals surface area (Å²) in [6.07, 6.45) is 1.71. The normalized spacial score (nSPS) is 14.0. The van der Waals surface area contributed by atoms with Crippen molar-refractivity contribution in [2.75, 3.05) is 18.6 Å². The average molecular weight is 520 g/mol. The maximum absolute atomic E-state index is 13.1. The van der Waals surface area contributed by atoms with Gasteiger partial charge in [0.05, 0.1) is 24.3 Å². The molecule has 10 heteroatoms. The van der Waals surface area contributed by atoms with Crippen molar-refractivity contribution in [2.24, 2.45) is 0 Å². The summed E-state index contributed by atoms with van der Waals surface area (Å²) in [5.74, 6) is 1.55. The standard InChI is InChI=1S/C27H25N3O6S/c1-4-35-21-8-6-20(7-9-21)29-26(31)23(28-27(29)37)15-18-5-12-25(34-3)19(14-18)16-36-22-10-11-24(30(32)33)17(2)13-22/h5-15H,4,16H2,1-3H3,(H,28,37)/b23-15+. The van der Waals surface area contributed by atoms with Crippen molar-refractivity contribution in [3.8, 4) is 17.2 Å². The van der Waals surface area contributed by atoms with Crippen LogP contribution in [0, 0.1) is 17.0 Å². The van der Waals surface area contributed by atoms with Crippen molar-refractivity contribution < 1.29 is 23.9 Å². The zero-order valence-corrected chi connectivity index (χ0v) is 21.3. The number of nitrogens with one attached hydrogen (secondary N) is 1. The number of benzene rings is 3. The van der Waals surface area contributed by atoms with E-state index >= 15 is 0 Å². The van der Waals surface area contributed by atoms with E-state index in [1.54, 1.807) is 62.6 Å². The van der Waals surface area contributed by atoms with E-state index < -0.39 is 4.92 Å². The third kappa shape index (κ3) is 5.70. The van der Waals surface area contributed by atoms with Crippen LogP contribution in [0.25, 0.3) is 6.08 Å². The van der Waals surface area contributed by atoms with E-state index in [9.17, 15) is 14.9 Å². The van der Waals surface area contributed by atoms with Crippen LogP contribution in [-0.4, -0.2) is 29.7 Å². The van der Waals surface area contributed by atoms with Gasteiger partial charge in [-0.15, -0.1) is 0 Å². The Morgan fingerprint density at radius 2 is 1.78 bits per heavy atom. The molecule has 1 fully saturated rings. The molecule has 1 heterocycles. The van der Waals surface area contributed by atoms with Gasteiger partial charge in [0.1, 0.15) is 29.6 Å². The molecule has 1 N–H and O–H groups in total. The summed E-state index contributed by atoms with van der Waals surface area (Å²) in [5.41, 5.74) is 2.99. The Hall–Kier alpha value is -4.44. The van der Waals surface area contributed by atoms with E-state index in [0.717, 1.165) is 11.1 Å². The van der Waals surface area contributed by atoms with Crippen LogP contribution in [0.15, 0.2) is 66.4 Å². The fraction of sp³-hybridized carbons (Fsp3) is 0.185. The van der Waals surface area contributed by atoms with E-state index in [0.29, 0.717) is 40.8 Å². The summed E-state index contributed by atoms with van der Waals surface area (Å²) in [7, 11) is 1.56. The number of amides is 1. The van der Waals surface area contributed by atoms with E-state index in [1.165, 1.54) is 11.0 Å². The molecule has 37 heavy (non-hydrogen) atoms. The van der Waals surface area contributed by atoms with Gasteiger partial charge in [-0.1, -0.05) is 6.07 Å². The molecule has 0 aromatic heterocycles. The molecule has 1 saturated heterocycles. The highest BCUT2D eigenvalue weighted by Gasteiger charge is 2.32. The molecule has 1 aliphatic rings. The Morgan fingerprint density at radius 3 is 2.43 bits per heavy atom. The number of aryl methyl sites for hydroxylation is 1. The average Bonchev–Trinajstić information content (AvgIpc) is 3.15. The number of hydrogen-bond donors (Lipinski definition) is 1. The number of nitro benzene ring substituents is 1. The van der Waals surface area contributed by atoms with Crippen LogP contribution in [-0.2, 0) is 11.4 Å². The number of carbonyl (C=O) groups excluding carboxylic acids is 1. The summed E-state index contributed by atoms with van der Waals surface area (Å²) in [4.78, 5) is 25.2. The maximum atomic E-state index is 13.1. The molecular formula is C27H25N3O6S. The lowest BCUT2D eigenvalue weighted by Crippen LogP contribution is -2.30. The van der Waals surface area contributed by atoms with Gasteiger partial charge in [-0.25, -0.2) is 0 Å². The molecule has 0 unspecified atom stereocenters. The predicted molar refractivity (Wildman–Crippen MR) is 144 cm³/mol. The van der Waals surface area contributed by atoms with E-state index in [2.05, 4.69) is 5.32 Å². The number of anilines is 1. The third-order valence-corrected chi connectivity index (χ3v) is 5.94. The molecule has 0 radical (unpaired) electrons. The highest BCUT2D eigenvalue weighted by molar-refractivity contribution is 7.80. The third-order valence-electron chi connectivity index (χ3n) is 5.66. The summed E-state index contributed by atoms with van der Waals surface area (Å²) in [6.45, 7) is 4.28. The highest BCUT2D eigenvalue weighted by atomic mass is 32.1. The van der Waals surface area contributed by atoms with Gasteiger partial charge in [0.2, 0.25) is 0 Å². The van der Waals surface area contributed by atoms with Crippen molar-refractivity contribution >= 4 is 40.7 Å². The molecule has 0 atom stereocenters. The SMILES string of the molecule is CCOc1ccc(N2C(=O)/C(=C\c3ccc(OC)c(COc4ccc([N+](=O)[O-])c(C)c4)c3)NC2=S)cc1. The predicted octanol–water partition coefficient (Wildman–Crippen LogP) is 5.15. The number of nitro groups is 1. The minimum Gasteiger partial charge on any atom is -0.496 e. The topological polar surface area (TPSA) is 103 Å². The Kier molecular flexibility index (Phi) is 7.69. The van der Waals surface area contributed by atoms with Crippen molar-refractivity contribution in [2.45, 2.75) is 20.5 Å². The van der Waals surface area contributed by atoms with Crippen LogP contribution in [0.4, 0.5) is 11.4 Å². The maximum Gasteiger partial charge on any atom is 0.281 e. The van der Waals surface area contributed by atoms with Crippen LogP contribution < -0.4 is 24.4 Å². The fourth-order valence-corrected chi connectivity index (χ4v) is 4.18. The van der Waals surface area contributed by atoms with Crippen LogP contribution >= 0.6 is 12.2 Å². The first-order chi connectivity index (χ1) is 17.8. The first-order valence-electron chi connectivity index (χ1n) is 11.5. The molecule has 9 nitrogen and oxygen atoms in total. The van der Waals surface area contributed by atoms with E-state index in [1.807, 2.05) is 19.1 Å². The summed E-state index contributed by atoms with van der Waals surface area (Å²) < 4.78 is 16.8. The second kappa shape index (κ2) is 11.1. The zero-order valence-electron chi connectivity index (χ0n) is 20.5. The summed E-state index contributed by atoms with van der Waals surface area (Å²) in [6, 6.07) is 17.2.